The highest BCUT2D eigenvalue weighted by Gasteiger charge is 2.28. The molecule has 1 saturated heterocycles. The summed E-state index contributed by atoms with van der Waals surface area (Å²) in [6.07, 6.45) is 2.28. The number of ether oxygens (including phenoxy) is 1. The number of hydrogen-bond acceptors (Lipinski definition) is 5. The zero-order chi connectivity index (χ0) is 11.7. The summed E-state index contributed by atoms with van der Waals surface area (Å²) in [4.78, 5) is 19.9. The molecule has 1 aromatic heterocycles. The van der Waals surface area contributed by atoms with Crippen molar-refractivity contribution < 1.29 is 9.53 Å². The smallest absolute Gasteiger partial charge is 0.319 e. The van der Waals surface area contributed by atoms with Crippen LogP contribution in [0.3, 0.4) is 0 Å². The molecule has 3 rings (SSSR count). The second-order valence-electron chi connectivity index (χ2n) is 3.76. The lowest BCUT2D eigenvalue weighted by Crippen LogP contribution is -2.09. The van der Waals surface area contributed by atoms with E-state index in [1.165, 1.54) is 18.1 Å². The molecule has 2 aromatic rings. The van der Waals surface area contributed by atoms with Crippen LogP contribution in [0.1, 0.15) is 6.42 Å². The van der Waals surface area contributed by atoms with Gasteiger partial charge in [-0.15, -0.1) is 0 Å². The van der Waals surface area contributed by atoms with E-state index in [1.807, 2.05) is 24.3 Å². The molecule has 1 unspecified atom stereocenters. The Morgan fingerprint density at radius 2 is 2.18 bits per heavy atom. The topological polar surface area (TPSA) is 52.1 Å². The van der Waals surface area contributed by atoms with Gasteiger partial charge in [-0.25, -0.2) is 9.97 Å². The fourth-order valence-electron chi connectivity index (χ4n) is 1.79. The number of nitrogens with zero attached hydrogens (tertiary/aromatic N) is 2. The molecule has 0 radical (unpaired) electrons. The van der Waals surface area contributed by atoms with Crippen LogP contribution in [0.5, 0.6) is 0 Å². The van der Waals surface area contributed by atoms with Gasteiger partial charge in [0.25, 0.3) is 0 Å². The second kappa shape index (κ2) is 4.33. The molecule has 1 aliphatic heterocycles. The molecule has 1 fully saturated rings. The first kappa shape index (κ1) is 10.5. The lowest BCUT2D eigenvalue weighted by molar-refractivity contribution is -0.137. The zero-order valence-electron chi connectivity index (χ0n) is 9.00. The van der Waals surface area contributed by atoms with E-state index in [0.29, 0.717) is 6.61 Å². The van der Waals surface area contributed by atoms with Gasteiger partial charge in [0, 0.05) is 11.8 Å². The van der Waals surface area contributed by atoms with Crippen LogP contribution in [0, 0.1) is 0 Å². The molecular formula is C12H10N2O2S. The maximum Gasteiger partial charge on any atom is 0.319 e. The van der Waals surface area contributed by atoms with Gasteiger partial charge in [-0.2, -0.15) is 0 Å². The van der Waals surface area contributed by atoms with E-state index in [0.717, 1.165) is 22.3 Å². The largest absolute Gasteiger partial charge is 0.465 e. The van der Waals surface area contributed by atoms with E-state index in [-0.39, 0.29) is 11.2 Å². The highest BCUT2D eigenvalue weighted by Crippen LogP contribution is 2.31. The molecule has 0 aliphatic carbocycles. The van der Waals surface area contributed by atoms with Crippen LogP contribution in [0.25, 0.3) is 10.9 Å². The Bertz CT molecular complexity index is 568. The van der Waals surface area contributed by atoms with Crippen molar-refractivity contribution in [2.75, 3.05) is 6.61 Å². The lowest BCUT2D eigenvalue weighted by atomic mass is 10.2. The van der Waals surface area contributed by atoms with E-state index in [2.05, 4.69) is 9.97 Å². The number of rotatable bonds is 2. The molecule has 4 nitrogen and oxygen atoms in total. The number of fused-ring (bicyclic) bond motifs is 1. The van der Waals surface area contributed by atoms with Crippen LogP contribution < -0.4 is 0 Å². The third kappa shape index (κ3) is 1.98. The number of para-hydroxylation sites is 1. The summed E-state index contributed by atoms with van der Waals surface area (Å²) in [5.41, 5.74) is 0.899. The SMILES string of the molecule is O=C1OCCC1Sc1ncnc2ccccc12. The summed E-state index contributed by atoms with van der Waals surface area (Å²) in [6.45, 7) is 0.513. The number of hydrogen-bond donors (Lipinski definition) is 0. The monoisotopic (exact) mass is 246 g/mol. The van der Waals surface area contributed by atoms with Gasteiger partial charge in [0.1, 0.15) is 16.6 Å². The van der Waals surface area contributed by atoms with Crippen molar-refractivity contribution in [1.82, 2.24) is 9.97 Å². The van der Waals surface area contributed by atoms with Gasteiger partial charge in [0.15, 0.2) is 0 Å². The first-order valence-corrected chi connectivity index (χ1v) is 6.25. The summed E-state index contributed by atoms with van der Waals surface area (Å²) in [7, 11) is 0. The summed E-state index contributed by atoms with van der Waals surface area (Å²) in [5, 5.41) is 1.70. The Morgan fingerprint density at radius 3 is 3.00 bits per heavy atom. The Balaban J connectivity index is 1.97. The summed E-state index contributed by atoms with van der Waals surface area (Å²) in [5.74, 6) is -0.141. The Kier molecular flexibility index (Phi) is 2.68. The third-order valence-corrected chi connectivity index (χ3v) is 3.91. The molecule has 0 spiro atoms. The Morgan fingerprint density at radius 1 is 1.29 bits per heavy atom. The van der Waals surface area contributed by atoms with Crippen LogP contribution in [0.2, 0.25) is 0 Å². The summed E-state index contributed by atoms with van der Waals surface area (Å²) < 4.78 is 4.95. The van der Waals surface area contributed by atoms with E-state index in [9.17, 15) is 4.79 Å². The van der Waals surface area contributed by atoms with Gasteiger partial charge in [-0.3, -0.25) is 4.79 Å². The molecule has 17 heavy (non-hydrogen) atoms. The number of carbonyl (C=O) groups excluding carboxylic acids is 1. The van der Waals surface area contributed by atoms with Crippen molar-refractivity contribution in [2.24, 2.45) is 0 Å². The maximum absolute atomic E-state index is 11.4. The standard InChI is InChI=1S/C12H10N2O2S/c15-12-10(5-6-16-12)17-11-8-3-1-2-4-9(8)13-7-14-11/h1-4,7,10H,5-6H2. The van der Waals surface area contributed by atoms with Crippen LogP contribution in [-0.2, 0) is 9.53 Å². The number of carbonyl (C=O) groups is 1. The minimum absolute atomic E-state index is 0.131. The van der Waals surface area contributed by atoms with Crippen molar-refractivity contribution >= 4 is 28.6 Å². The number of benzene rings is 1. The van der Waals surface area contributed by atoms with Crippen LogP contribution in [0.15, 0.2) is 35.6 Å². The third-order valence-electron chi connectivity index (χ3n) is 2.65. The molecule has 1 atom stereocenters. The molecule has 0 saturated carbocycles. The second-order valence-corrected chi connectivity index (χ2v) is 4.95. The van der Waals surface area contributed by atoms with Crippen molar-refractivity contribution in [1.29, 1.82) is 0 Å². The van der Waals surface area contributed by atoms with E-state index in [1.54, 1.807) is 0 Å². The number of esters is 1. The molecule has 5 heteroatoms. The average molecular weight is 246 g/mol. The molecule has 1 aromatic carbocycles. The zero-order valence-corrected chi connectivity index (χ0v) is 9.81. The summed E-state index contributed by atoms with van der Waals surface area (Å²) in [6, 6.07) is 7.79. The minimum Gasteiger partial charge on any atom is -0.465 e. The quantitative estimate of drug-likeness (QED) is 0.599. The highest BCUT2D eigenvalue weighted by molar-refractivity contribution is 8.00. The minimum atomic E-state index is -0.141. The van der Waals surface area contributed by atoms with Gasteiger partial charge in [0.2, 0.25) is 0 Å². The molecule has 86 valence electrons. The van der Waals surface area contributed by atoms with Crippen LogP contribution in [0.4, 0.5) is 0 Å². The van der Waals surface area contributed by atoms with Crippen molar-refractivity contribution in [2.45, 2.75) is 16.7 Å². The number of aromatic nitrogens is 2. The van der Waals surface area contributed by atoms with Crippen molar-refractivity contribution in [3.8, 4) is 0 Å². The van der Waals surface area contributed by atoms with Crippen molar-refractivity contribution in [3.05, 3.63) is 30.6 Å². The van der Waals surface area contributed by atoms with Gasteiger partial charge in [-0.1, -0.05) is 30.0 Å². The number of cyclic esters (lactones) is 1. The van der Waals surface area contributed by atoms with Crippen LogP contribution >= 0.6 is 11.8 Å². The summed E-state index contributed by atoms with van der Waals surface area (Å²) >= 11 is 1.46. The molecule has 0 bridgehead atoms. The normalized spacial score (nSPS) is 19.5. The molecule has 2 heterocycles. The fraction of sp³-hybridized carbons (Fsp3) is 0.250. The Hall–Kier alpha value is -1.62. The van der Waals surface area contributed by atoms with E-state index in [4.69, 9.17) is 4.74 Å². The fourth-order valence-corrected chi connectivity index (χ4v) is 2.85. The van der Waals surface area contributed by atoms with Gasteiger partial charge >= 0.3 is 5.97 Å². The van der Waals surface area contributed by atoms with Gasteiger partial charge < -0.3 is 4.74 Å². The van der Waals surface area contributed by atoms with E-state index >= 15 is 0 Å². The first-order valence-electron chi connectivity index (χ1n) is 5.37. The molecular weight excluding hydrogens is 236 g/mol. The maximum atomic E-state index is 11.4. The van der Waals surface area contributed by atoms with Gasteiger partial charge in [0.05, 0.1) is 12.1 Å². The lowest BCUT2D eigenvalue weighted by Gasteiger charge is -2.06. The highest BCUT2D eigenvalue weighted by atomic mass is 32.2. The number of thioether (sulfide) groups is 1. The first-order chi connectivity index (χ1) is 8.34. The van der Waals surface area contributed by atoms with E-state index < -0.39 is 0 Å². The van der Waals surface area contributed by atoms with Gasteiger partial charge in [-0.05, 0) is 6.07 Å². The molecule has 0 N–H and O–H groups in total. The van der Waals surface area contributed by atoms with Crippen LogP contribution in [-0.4, -0.2) is 27.8 Å². The molecule has 0 amide bonds. The Labute approximate surface area is 102 Å². The average Bonchev–Trinajstić information content (AvgIpc) is 2.76. The molecule has 1 aliphatic rings. The predicted molar refractivity (Wildman–Crippen MR) is 64.8 cm³/mol. The van der Waals surface area contributed by atoms with Crippen molar-refractivity contribution in [3.63, 3.8) is 0 Å². The predicted octanol–water partition coefficient (Wildman–Crippen LogP) is 2.04.